The van der Waals surface area contributed by atoms with Crippen LogP contribution in [0, 0.1) is 5.92 Å². The zero-order valence-corrected chi connectivity index (χ0v) is 11.7. The molecule has 0 spiro atoms. The van der Waals surface area contributed by atoms with Crippen molar-refractivity contribution < 1.29 is 0 Å². The Hall–Kier alpha value is -0.0900. The summed E-state index contributed by atoms with van der Waals surface area (Å²) in [6.45, 7) is 16.2. The quantitative estimate of drug-likeness (QED) is 0.570. The van der Waals surface area contributed by atoms with Crippen molar-refractivity contribution in [2.24, 2.45) is 5.92 Å². The first-order chi connectivity index (χ1) is 6.25. The number of hydrogen-bond acceptors (Lipinski definition) is 0. The Labute approximate surface area is 90.4 Å². The molecule has 0 fully saturated rings. The summed E-state index contributed by atoms with van der Waals surface area (Å²) in [5.74, 6) is 3.03. The van der Waals surface area contributed by atoms with E-state index in [0.29, 0.717) is 0 Å². The molecule has 84 valence electrons. The van der Waals surface area contributed by atoms with Gasteiger partial charge in [-0.2, -0.15) is 0 Å². The van der Waals surface area contributed by atoms with E-state index in [2.05, 4.69) is 59.5 Å². The Kier molecular flexibility index (Phi) is 4.59. The number of hydrogen-bond donors (Lipinski definition) is 0. The first-order valence-electron chi connectivity index (χ1n) is 5.53. The Morgan fingerprint density at radius 1 is 1.36 bits per heavy atom. The molecule has 0 unspecified atom stereocenters. The van der Waals surface area contributed by atoms with Crippen LogP contribution < -0.4 is 0 Å². The molecule has 14 heavy (non-hydrogen) atoms. The van der Waals surface area contributed by atoms with Crippen LogP contribution in [-0.2, 0) is 0 Å². The molecule has 0 bridgehead atoms. The van der Waals surface area contributed by atoms with Gasteiger partial charge in [-0.05, 0) is 0 Å². The maximum absolute atomic E-state index is 4.07. The Morgan fingerprint density at radius 3 is 2.14 bits per heavy atom. The fraction of sp³-hybridized carbons (Fsp3) is 0.692. The topological polar surface area (TPSA) is 0 Å². The van der Waals surface area contributed by atoms with Crippen LogP contribution in [0.25, 0.3) is 0 Å². The number of allylic oxidation sites excluding steroid dienone is 2. The van der Waals surface area contributed by atoms with E-state index in [9.17, 15) is 0 Å². The third-order valence-electron chi connectivity index (χ3n) is 3.56. The summed E-state index contributed by atoms with van der Waals surface area (Å²) < 4.78 is 0. The zero-order valence-electron chi connectivity index (χ0n) is 10.8. The first-order valence-corrected chi connectivity index (χ1v) is 8.91. The number of rotatable bonds is 5. The van der Waals surface area contributed by atoms with Crippen LogP contribution in [0.3, 0.4) is 0 Å². The van der Waals surface area contributed by atoms with Crippen molar-refractivity contribution in [2.45, 2.75) is 34.1 Å². The fourth-order valence-corrected chi connectivity index (χ4v) is 4.47. The molecule has 0 atom stereocenters. The van der Waals surface area contributed by atoms with Gasteiger partial charge in [0.05, 0.1) is 0 Å². The second kappa shape index (κ2) is 4.62. The van der Waals surface area contributed by atoms with Gasteiger partial charge in [-0.15, -0.1) is 0 Å². The SMILES string of the molecule is C=CP(C)(C)(CCC(C)C)C(C)=CC. The van der Waals surface area contributed by atoms with E-state index < -0.39 is 6.60 Å². The van der Waals surface area contributed by atoms with E-state index >= 15 is 0 Å². The molecule has 0 aliphatic heterocycles. The molecule has 0 saturated carbocycles. The monoisotopic (exact) mass is 214 g/mol. The molecule has 0 amide bonds. The molecule has 0 aliphatic carbocycles. The van der Waals surface area contributed by atoms with Gasteiger partial charge in [0.2, 0.25) is 0 Å². The molecule has 0 aromatic rings. The van der Waals surface area contributed by atoms with Crippen molar-refractivity contribution >= 4 is 6.60 Å². The zero-order chi connectivity index (χ0) is 11.4. The second-order valence-corrected chi connectivity index (χ2v) is 12.1. The first kappa shape index (κ1) is 13.9. The third kappa shape index (κ3) is 3.24. The van der Waals surface area contributed by atoms with Gasteiger partial charge in [0.15, 0.2) is 0 Å². The molecular formula is C13H27P. The van der Waals surface area contributed by atoms with Gasteiger partial charge >= 0.3 is 89.9 Å². The van der Waals surface area contributed by atoms with Gasteiger partial charge in [0.25, 0.3) is 0 Å². The minimum atomic E-state index is -1.74. The van der Waals surface area contributed by atoms with Gasteiger partial charge in [-0.1, -0.05) is 0 Å². The Bertz CT molecular complexity index is 234. The second-order valence-electron chi connectivity index (χ2n) is 5.53. The summed E-state index contributed by atoms with van der Waals surface area (Å²) in [4.78, 5) is 0. The standard InChI is InChI=1S/C13H27P/c1-8-13(5)14(6,7,9-2)11-10-12(3)4/h8-9,12H,2,10-11H2,1,3-7H3. The Balaban J connectivity index is 4.85. The normalized spacial score (nSPS) is 16.5. The van der Waals surface area contributed by atoms with E-state index in [-0.39, 0.29) is 0 Å². The van der Waals surface area contributed by atoms with E-state index in [0.717, 1.165) is 5.92 Å². The summed E-state index contributed by atoms with van der Waals surface area (Å²) in [6, 6.07) is 0. The van der Waals surface area contributed by atoms with E-state index in [1.54, 1.807) is 5.31 Å². The van der Waals surface area contributed by atoms with Gasteiger partial charge in [-0.25, -0.2) is 0 Å². The van der Waals surface area contributed by atoms with E-state index in [1.807, 2.05) is 0 Å². The average molecular weight is 214 g/mol. The van der Waals surface area contributed by atoms with Gasteiger partial charge in [0.1, 0.15) is 0 Å². The molecule has 0 aromatic carbocycles. The van der Waals surface area contributed by atoms with Crippen LogP contribution in [0.5, 0.6) is 0 Å². The maximum atomic E-state index is 4.07. The predicted octanol–water partition coefficient (Wildman–Crippen LogP) is 4.91. The molecule has 0 nitrogen and oxygen atoms in total. The van der Waals surface area contributed by atoms with Gasteiger partial charge < -0.3 is 0 Å². The van der Waals surface area contributed by atoms with Crippen LogP contribution in [0.15, 0.2) is 23.8 Å². The van der Waals surface area contributed by atoms with Crippen molar-refractivity contribution in [3.63, 3.8) is 0 Å². The molecule has 0 heterocycles. The predicted molar refractivity (Wildman–Crippen MR) is 72.7 cm³/mol. The average Bonchev–Trinajstić information content (AvgIpc) is 2.14. The van der Waals surface area contributed by atoms with Crippen molar-refractivity contribution in [3.05, 3.63) is 23.8 Å². The summed E-state index contributed by atoms with van der Waals surface area (Å²) in [7, 11) is 0. The molecule has 0 radical (unpaired) electrons. The van der Waals surface area contributed by atoms with Gasteiger partial charge in [-0.3, -0.25) is 0 Å². The van der Waals surface area contributed by atoms with Crippen LogP contribution in [-0.4, -0.2) is 19.5 Å². The molecule has 0 saturated heterocycles. The summed E-state index contributed by atoms with van der Waals surface area (Å²) in [6.07, 6.45) is 4.88. The molecule has 0 aromatic heterocycles. The molecule has 0 aliphatic rings. The van der Waals surface area contributed by atoms with E-state index in [1.165, 1.54) is 12.6 Å². The van der Waals surface area contributed by atoms with Crippen molar-refractivity contribution in [2.75, 3.05) is 19.5 Å². The Morgan fingerprint density at radius 2 is 1.86 bits per heavy atom. The molecule has 0 rings (SSSR count). The van der Waals surface area contributed by atoms with Crippen LogP contribution in [0.2, 0.25) is 0 Å². The third-order valence-corrected chi connectivity index (χ3v) is 8.94. The van der Waals surface area contributed by atoms with Crippen LogP contribution in [0.4, 0.5) is 0 Å². The fourth-order valence-electron chi connectivity index (χ4n) is 1.49. The summed E-state index contributed by atoms with van der Waals surface area (Å²) in [5.41, 5.74) is 0. The minimum absolute atomic E-state index is 0.793. The van der Waals surface area contributed by atoms with E-state index in [4.69, 9.17) is 0 Å². The summed E-state index contributed by atoms with van der Waals surface area (Å²) >= 11 is 0. The van der Waals surface area contributed by atoms with Crippen LogP contribution in [0.1, 0.15) is 34.1 Å². The van der Waals surface area contributed by atoms with Crippen molar-refractivity contribution in [1.29, 1.82) is 0 Å². The molecule has 0 N–H and O–H groups in total. The van der Waals surface area contributed by atoms with Crippen molar-refractivity contribution in [3.8, 4) is 0 Å². The summed E-state index contributed by atoms with van der Waals surface area (Å²) in [5, 5.41) is 1.55. The molecule has 1 heteroatoms. The van der Waals surface area contributed by atoms with Crippen LogP contribution >= 0.6 is 6.60 Å². The van der Waals surface area contributed by atoms with Crippen molar-refractivity contribution in [1.82, 2.24) is 0 Å². The van der Waals surface area contributed by atoms with Gasteiger partial charge in [0, 0.05) is 0 Å². The molecular weight excluding hydrogens is 187 g/mol.